The highest BCUT2D eigenvalue weighted by Gasteiger charge is 2.48. The molecule has 2 atom stereocenters. The summed E-state index contributed by atoms with van der Waals surface area (Å²) in [5.74, 6) is -3.91. The molecular weight excluding hydrogens is 1060 g/mol. The molecule has 4 aliphatic rings. The fourth-order valence-electron chi connectivity index (χ4n) is 10.3. The standard InChI is InChI=1S/C28H39F3N4O6.C26H36F3N3O4.ClH/c1-7-23(37)32-10-12-34-21-13-19(20(28(29,30)31)14-22(21)41-27(5,6)26(34)40)25(39)35(16(2)3)18-9-8-11-33(15-18)24(38)17(4)36;1-6-22(33)30-12-13-31-20-14-18(23(34)32(16(2)3)17-10-8-7-9-11-17)19(26(27,28)29)15-21(20)36-25(4,5)24(31)35;/h13-14,16-18,36H,7-12,15H2,1-6H3,(H,32,37);14-17H,6-13H2,1-5H3,(H,30,33);1H/t17-,18+;;/m0../s1. The molecule has 3 N–H and O–H groups in total. The van der Waals surface area contributed by atoms with E-state index in [-0.39, 0.29) is 105 Å². The van der Waals surface area contributed by atoms with Crippen LogP contribution in [0.15, 0.2) is 24.3 Å². The van der Waals surface area contributed by atoms with E-state index in [1.807, 2.05) is 0 Å². The lowest BCUT2D eigenvalue weighted by molar-refractivity contribution is -0.141. The van der Waals surface area contributed by atoms with Gasteiger partial charge in [0, 0.05) is 76.3 Å². The van der Waals surface area contributed by atoms with Gasteiger partial charge in [0.15, 0.2) is 11.2 Å². The van der Waals surface area contributed by atoms with Crippen molar-refractivity contribution in [1.29, 1.82) is 0 Å². The largest absolute Gasteiger partial charge is 0.476 e. The van der Waals surface area contributed by atoms with E-state index in [1.54, 1.807) is 46.4 Å². The highest BCUT2D eigenvalue weighted by molar-refractivity contribution is 6.06. The Morgan fingerprint density at radius 3 is 1.40 bits per heavy atom. The van der Waals surface area contributed by atoms with Gasteiger partial charge >= 0.3 is 12.4 Å². The van der Waals surface area contributed by atoms with Crippen molar-refractivity contribution in [3.05, 3.63) is 46.5 Å². The second kappa shape index (κ2) is 26.0. The number of likely N-dealkylation sites (tertiary alicyclic amines) is 1. The SMILES string of the molecule is CCC(=O)NCCN1C(=O)C(C)(C)Oc2cc(C(F)(F)F)c(C(=O)N(C(C)C)C3CCCCC3)cc21.CCC(=O)NCCN1C(=O)C(C)(C)Oc2cc(C(F)(F)F)c(C(=O)N(C(C)C)[C@@H]3CCCN(C(=O)[C@H](C)O)C3)cc21.Cl. The zero-order valence-electron chi connectivity index (χ0n) is 46.3. The van der Waals surface area contributed by atoms with E-state index in [9.17, 15) is 65.0 Å². The molecule has 24 heteroatoms. The van der Waals surface area contributed by atoms with Crippen molar-refractivity contribution in [3.8, 4) is 11.5 Å². The first kappa shape index (κ1) is 64.7. The summed E-state index contributed by atoms with van der Waals surface area (Å²) in [4.78, 5) is 96.8. The molecular formula is C54H76ClF6N7O10. The van der Waals surface area contributed by atoms with Crippen LogP contribution < -0.4 is 29.9 Å². The Morgan fingerprint density at radius 1 is 0.654 bits per heavy atom. The zero-order valence-corrected chi connectivity index (χ0v) is 47.2. The topological polar surface area (TPSA) is 198 Å². The molecule has 0 aromatic heterocycles. The molecule has 3 heterocycles. The van der Waals surface area contributed by atoms with Crippen molar-refractivity contribution in [2.24, 2.45) is 0 Å². The minimum Gasteiger partial charge on any atom is -0.476 e. The number of alkyl halides is 6. The number of halogens is 7. The molecule has 0 bridgehead atoms. The van der Waals surface area contributed by atoms with Crippen LogP contribution in [-0.2, 0) is 36.3 Å². The van der Waals surface area contributed by atoms with E-state index in [4.69, 9.17) is 9.47 Å². The molecule has 436 valence electrons. The molecule has 1 aliphatic carbocycles. The average Bonchev–Trinajstić information content (AvgIpc) is 3.37. The number of nitrogens with one attached hydrogen (secondary N) is 2. The Bertz CT molecular complexity index is 2530. The number of hydrogen-bond donors (Lipinski definition) is 3. The van der Waals surface area contributed by atoms with Gasteiger partial charge in [-0.2, -0.15) is 26.3 Å². The molecule has 1 saturated carbocycles. The third kappa shape index (κ3) is 14.9. The molecule has 6 rings (SSSR count). The quantitative estimate of drug-likeness (QED) is 0.146. The van der Waals surface area contributed by atoms with E-state index in [0.717, 1.165) is 56.4 Å². The summed E-state index contributed by atoms with van der Waals surface area (Å²) in [5.41, 5.74) is -6.25. The predicted octanol–water partition coefficient (Wildman–Crippen LogP) is 8.30. The Morgan fingerprint density at radius 2 is 1.04 bits per heavy atom. The average molecular weight is 1130 g/mol. The van der Waals surface area contributed by atoms with E-state index in [1.165, 1.54) is 54.2 Å². The van der Waals surface area contributed by atoms with E-state index < -0.39 is 93.5 Å². The summed E-state index contributed by atoms with van der Waals surface area (Å²) in [6, 6.07) is 2.19. The number of benzene rings is 2. The van der Waals surface area contributed by atoms with Gasteiger partial charge in [-0.3, -0.25) is 33.6 Å². The monoisotopic (exact) mass is 1130 g/mol. The molecule has 3 aliphatic heterocycles. The summed E-state index contributed by atoms with van der Waals surface area (Å²) < 4.78 is 97.3. The maximum absolute atomic E-state index is 14.4. The molecule has 1 saturated heterocycles. The summed E-state index contributed by atoms with van der Waals surface area (Å²) in [6.07, 6.45) is -5.14. The summed E-state index contributed by atoms with van der Waals surface area (Å²) >= 11 is 0. The fraction of sp³-hybridized carbons (Fsp3) is 0.648. The molecule has 2 fully saturated rings. The van der Waals surface area contributed by atoms with Crippen LogP contribution >= 0.6 is 12.4 Å². The van der Waals surface area contributed by atoms with Gasteiger partial charge in [-0.25, -0.2) is 0 Å². The fourth-order valence-corrected chi connectivity index (χ4v) is 10.3. The lowest BCUT2D eigenvalue weighted by Gasteiger charge is -2.42. The number of rotatable bonds is 15. The van der Waals surface area contributed by atoms with Crippen LogP contribution in [0.1, 0.15) is 166 Å². The number of aliphatic hydroxyl groups is 1. The molecule has 78 heavy (non-hydrogen) atoms. The number of fused-ring (bicyclic) bond motifs is 2. The number of nitrogens with zero attached hydrogens (tertiary/aromatic N) is 5. The van der Waals surface area contributed by atoms with Gasteiger partial charge in [-0.15, -0.1) is 12.4 Å². The van der Waals surface area contributed by atoms with Crippen molar-refractivity contribution < 1.29 is 74.5 Å². The highest BCUT2D eigenvalue weighted by Crippen LogP contribution is 2.46. The Hall–Kier alpha value is -5.84. The van der Waals surface area contributed by atoms with E-state index in [2.05, 4.69) is 10.6 Å². The normalized spacial score (nSPS) is 18.5. The van der Waals surface area contributed by atoms with Crippen molar-refractivity contribution in [3.63, 3.8) is 0 Å². The smallest absolute Gasteiger partial charge is 0.417 e. The lowest BCUT2D eigenvalue weighted by atomic mass is 9.92. The Kier molecular flexibility index (Phi) is 21.5. The molecule has 2 aromatic rings. The Labute approximate surface area is 458 Å². The van der Waals surface area contributed by atoms with Gasteiger partial charge in [0.05, 0.1) is 33.6 Å². The molecule has 0 unspecified atom stereocenters. The molecule has 0 spiro atoms. The minimum atomic E-state index is -4.92. The van der Waals surface area contributed by atoms with Gasteiger partial charge in [0.1, 0.15) is 17.6 Å². The second-order valence-electron chi connectivity index (χ2n) is 21.4. The minimum absolute atomic E-state index is 0. The van der Waals surface area contributed by atoms with E-state index >= 15 is 0 Å². The zero-order chi connectivity index (χ0) is 57.7. The maximum atomic E-state index is 14.4. The number of carbonyl (C=O) groups is 7. The van der Waals surface area contributed by atoms with Crippen LogP contribution in [0.3, 0.4) is 0 Å². The molecule has 17 nitrogen and oxygen atoms in total. The van der Waals surface area contributed by atoms with Gasteiger partial charge in [-0.05, 0) is 112 Å². The van der Waals surface area contributed by atoms with Gasteiger partial charge in [0.25, 0.3) is 29.5 Å². The van der Waals surface area contributed by atoms with Gasteiger partial charge in [-0.1, -0.05) is 33.1 Å². The van der Waals surface area contributed by atoms with Crippen LogP contribution in [0.2, 0.25) is 0 Å². The van der Waals surface area contributed by atoms with Gasteiger partial charge in [0.2, 0.25) is 11.8 Å². The number of piperidine rings is 1. The number of anilines is 2. The number of amides is 7. The van der Waals surface area contributed by atoms with Crippen LogP contribution in [0.5, 0.6) is 11.5 Å². The third-order valence-corrected chi connectivity index (χ3v) is 14.1. The van der Waals surface area contributed by atoms with Crippen molar-refractivity contribution in [2.75, 3.05) is 49.1 Å². The number of carbonyl (C=O) groups excluding carboxylic acids is 7. The number of ether oxygens (including phenoxy) is 2. The molecule has 7 amide bonds. The Balaban J connectivity index is 0.000000335. The van der Waals surface area contributed by atoms with Crippen molar-refractivity contribution >= 4 is 65.1 Å². The van der Waals surface area contributed by atoms with Crippen LogP contribution in [0.25, 0.3) is 0 Å². The lowest BCUT2D eigenvalue weighted by Crippen LogP contribution is -2.55. The van der Waals surface area contributed by atoms with Crippen molar-refractivity contribution in [2.45, 2.75) is 188 Å². The summed E-state index contributed by atoms with van der Waals surface area (Å²) in [6.45, 7) is 18.1. The summed E-state index contributed by atoms with van der Waals surface area (Å²) in [7, 11) is 0. The second-order valence-corrected chi connectivity index (χ2v) is 21.4. The van der Waals surface area contributed by atoms with Crippen molar-refractivity contribution in [1.82, 2.24) is 25.3 Å². The third-order valence-electron chi connectivity index (χ3n) is 14.1. The molecule has 2 aromatic carbocycles. The van der Waals surface area contributed by atoms with Gasteiger partial charge < -0.3 is 49.7 Å². The van der Waals surface area contributed by atoms with Crippen LogP contribution in [0, 0.1) is 0 Å². The first-order valence-corrected chi connectivity index (χ1v) is 26.4. The first-order chi connectivity index (χ1) is 35.8. The van der Waals surface area contributed by atoms with Crippen LogP contribution in [0.4, 0.5) is 37.7 Å². The van der Waals surface area contributed by atoms with Crippen LogP contribution in [-0.4, -0.2) is 142 Å². The summed E-state index contributed by atoms with van der Waals surface area (Å²) in [5, 5.41) is 15.1. The highest BCUT2D eigenvalue weighted by atomic mass is 35.5. The van der Waals surface area contributed by atoms with E-state index in [0.29, 0.717) is 19.4 Å². The number of aliphatic hydroxyl groups excluding tert-OH is 1. The molecule has 0 radical (unpaired) electrons. The predicted molar refractivity (Wildman–Crippen MR) is 282 cm³/mol. The maximum Gasteiger partial charge on any atom is 0.417 e. The number of hydrogen-bond acceptors (Lipinski definition) is 10. The first-order valence-electron chi connectivity index (χ1n) is 26.4.